The third-order valence-corrected chi connectivity index (χ3v) is 8.05. The molecule has 0 spiro atoms. The van der Waals surface area contributed by atoms with Crippen LogP contribution in [-0.2, 0) is 9.59 Å². The van der Waals surface area contributed by atoms with Gasteiger partial charge in [0.05, 0.1) is 64.3 Å². The van der Waals surface area contributed by atoms with Crippen LogP contribution in [-0.4, -0.2) is 73.3 Å². The molecule has 0 unspecified atom stereocenters. The van der Waals surface area contributed by atoms with Crippen molar-refractivity contribution in [1.82, 2.24) is 0 Å². The summed E-state index contributed by atoms with van der Waals surface area (Å²) in [5.41, 5.74) is 0. The Morgan fingerprint density at radius 2 is 0.475 bits per heavy atom. The summed E-state index contributed by atoms with van der Waals surface area (Å²) in [6.07, 6.45) is 22.1. The van der Waals surface area contributed by atoms with Crippen LogP contribution in [0.2, 0.25) is 0 Å². The van der Waals surface area contributed by atoms with Crippen molar-refractivity contribution in [2.24, 2.45) is 0 Å². The SMILES string of the molecule is CCCC[N+](CCCC)(CCCC)CCCC.CCCC[N+](CCCC)(CCCC)CCCC.O=C([O-])C(=O)[O-]. The largest absolute Gasteiger partial charge is 0.543 e. The molecule has 0 atom stereocenters. The van der Waals surface area contributed by atoms with E-state index in [1.807, 2.05) is 0 Å². The van der Waals surface area contributed by atoms with Gasteiger partial charge in [0.15, 0.2) is 0 Å². The Kier molecular flexibility index (Phi) is 33.4. The maximum absolute atomic E-state index is 8.93. The lowest BCUT2D eigenvalue weighted by molar-refractivity contribution is -0.929. The Hall–Kier alpha value is -1.14. The zero-order valence-corrected chi connectivity index (χ0v) is 28.5. The number of unbranched alkanes of at least 4 members (excludes halogenated alkanes) is 8. The molecule has 0 aromatic heterocycles. The number of aliphatic carboxylic acids is 2. The van der Waals surface area contributed by atoms with Crippen molar-refractivity contribution in [3.05, 3.63) is 0 Å². The van der Waals surface area contributed by atoms with Crippen molar-refractivity contribution in [3.8, 4) is 0 Å². The highest BCUT2D eigenvalue weighted by molar-refractivity contribution is 6.25. The molecule has 0 N–H and O–H groups in total. The first-order valence-electron chi connectivity index (χ1n) is 17.3. The number of carbonyl (C=O) groups is 2. The lowest BCUT2D eigenvalue weighted by Crippen LogP contribution is -2.50. The average Bonchev–Trinajstić information content (AvgIpc) is 2.96. The topological polar surface area (TPSA) is 80.3 Å². The molecule has 0 aliphatic rings. The normalized spacial score (nSPS) is 11.3. The Morgan fingerprint density at radius 3 is 0.550 bits per heavy atom. The van der Waals surface area contributed by atoms with Crippen LogP contribution in [0.15, 0.2) is 0 Å². The van der Waals surface area contributed by atoms with E-state index < -0.39 is 11.9 Å². The molecular weight excluding hydrogens is 500 g/mol. The fourth-order valence-corrected chi connectivity index (χ4v) is 5.29. The lowest BCUT2D eigenvalue weighted by atomic mass is 10.1. The maximum atomic E-state index is 8.93. The number of hydrogen-bond acceptors (Lipinski definition) is 4. The molecule has 0 bridgehead atoms. The van der Waals surface area contributed by atoms with E-state index in [4.69, 9.17) is 19.8 Å². The highest BCUT2D eigenvalue weighted by Gasteiger charge is 2.25. The quantitative estimate of drug-likeness (QED) is 0.0977. The highest BCUT2D eigenvalue weighted by Crippen LogP contribution is 2.17. The fourth-order valence-electron chi connectivity index (χ4n) is 5.29. The van der Waals surface area contributed by atoms with E-state index in [1.54, 1.807) is 0 Å². The second-order valence-electron chi connectivity index (χ2n) is 11.9. The highest BCUT2D eigenvalue weighted by atomic mass is 16.4. The number of rotatable bonds is 24. The van der Waals surface area contributed by atoms with Gasteiger partial charge in [-0.2, -0.15) is 0 Å². The van der Waals surface area contributed by atoms with Crippen LogP contribution in [0, 0.1) is 0 Å². The van der Waals surface area contributed by atoms with Crippen molar-refractivity contribution in [1.29, 1.82) is 0 Å². The van der Waals surface area contributed by atoms with Gasteiger partial charge in [-0.25, -0.2) is 0 Å². The van der Waals surface area contributed by atoms with Crippen LogP contribution in [0.4, 0.5) is 0 Å². The van der Waals surface area contributed by atoms with Gasteiger partial charge in [0.2, 0.25) is 0 Å². The summed E-state index contributed by atoms with van der Waals surface area (Å²) in [7, 11) is 0. The van der Waals surface area contributed by atoms with Crippen LogP contribution in [0.3, 0.4) is 0 Å². The van der Waals surface area contributed by atoms with Crippen molar-refractivity contribution < 1.29 is 28.8 Å². The van der Waals surface area contributed by atoms with E-state index in [0.29, 0.717) is 0 Å². The molecule has 0 aliphatic carbocycles. The Labute approximate surface area is 251 Å². The van der Waals surface area contributed by atoms with Crippen LogP contribution in [0.1, 0.15) is 158 Å². The molecule has 0 radical (unpaired) electrons. The summed E-state index contributed by atoms with van der Waals surface area (Å²) in [6, 6.07) is 0. The van der Waals surface area contributed by atoms with Gasteiger partial charge in [0, 0.05) is 0 Å². The van der Waals surface area contributed by atoms with E-state index in [-0.39, 0.29) is 0 Å². The third-order valence-electron chi connectivity index (χ3n) is 8.05. The van der Waals surface area contributed by atoms with Gasteiger partial charge in [0.1, 0.15) is 0 Å². The zero-order chi connectivity index (χ0) is 31.1. The first-order valence-corrected chi connectivity index (χ1v) is 17.3. The predicted molar refractivity (Wildman–Crippen MR) is 169 cm³/mol. The summed E-state index contributed by atoms with van der Waals surface area (Å²) in [5, 5.41) is 17.9. The Morgan fingerprint density at radius 1 is 0.350 bits per heavy atom. The van der Waals surface area contributed by atoms with E-state index in [0.717, 1.165) is 0 Å². The van der Waals surface area contributed by atoms with Crippen molar-refractivity contribution in [2.75, 3.05) is 52.4 Å². The predicted octanol–water partition coefficient (Wildman–Crippen LogP) is 6.49. The Balaban J connectivity index is -0.000000569. The molecule has 0 aromatic carbocycles. The molecule has 40 heavy (non-hydrogen) atoms. The number of carbonyl (C=O) groups excluding carboxylic acids is 2. The molecule has 0 saturated heterocycles. The molecule has 0 saturated carbocycles. The number of quaternary nitrogens is 2. The van der Waals surface area contributed by atoms with Gasteiger partial charge in [-0.05, 0) is 51.4 Å². The number of hydrogen-bond donors (Lipinski definition) is 0. The average molecular weight is 573 g/mol. The molecule has 0 rings (SSSR count). The smallest absolute Gasteiger partial charge is 0.0870 e. The standard InChI is InChI=1S/2C16H36N.C2H2O4/c2*1-5-9-13-17(14-10-6-2,15-11-7-3)16-12-8-4;3-1(4)2(5)6/h2*5-16H2,1-4H3;(H,3,4)(H,5,6)/q2*+1;/p-2. The van der Waals surface area contributed by atoms with Gasteiger partial charge in [-0.15, -0.1) is 0 Å². The Bertz CT molecular complexity index is 431. The minimum absolute atomic E-state index is 1.35. The van der Waals surface area contributed by atoms with E-state index in [2.05, 4.69) is 55.4 Å². The molecule has 6 heteroatoms. The lowest BCUT2D eigenvalue weighted by Gasteiger charge is -2.39. The molecule has 0 amide bonds. The molecule has 242 valence electrons. The van der Waals surface area contributed by atoms with Gasteiger partial charge in [-0.1, -0.05) is 107 Å². The van der Waals surface area contributed by atoms with Crippen LogP contribution in [0.5, 0.6) is 0 Å². The molecule has 6 nitrogen and oxygen atoms in total. The molecule has 0 heterocycles. The maximum Gasteiger partial charge on any atom is 0.0870 e. The second kappa shape index (κ2) is 30.8. The first-order chi connectivity index (χ1) is 19.1. The van der Waals surface area contributed by atoms with Crippen LogP contribution >= 0.6 is 0 Å². The molecule has 0 aliphatic heterocycles. The summed E-state index contributed by atoms with van der Waals surface area (Å²) in [6.45, 7) is 30.0. The summed E-state index contributed by atoms with van der Waals surface area (Å²) >= 11 is 0. The number of nitrogens with zero attached hydrogens (tertiary/aromatic N) is 2. The van der Waals surface area contributed by atoms with Crippen LogP contribution in [0.25, 0.3) is 0 Å². The van der Waals surface area contributed by atoms with Gasteiger partial charge < -0.3 is 28.8 Å². The third kappa shape index (κ3) is 25.8. The summed E-state index contributed by atoms with van der Waals surface area (Å²) < 4.78 is 2.84. The summed E-state index contributed by atoms with van der Waals surface area (Å²) in [5.74, 6) is -4.37. The first kappa shape index (κ1) is 43.3. The van der Waals surface area contributed by atoms with Crippen LogP contribution < -0.4 is 10.2 Å². The molecular formula is C34H72N2O4. The monoisotopic (exact) mass is 573 g/mol. The van der Waals surface area contributed by atoms with E-state index in [1.165, 1.54) is 164 Å². The molecule has 0 fully saturated rings. The number of carboxylic acid groups (broad SMARTS) is 2. The van der Waals surface area contributed by atoms with Gasteiger partial charge in [0.25, 0.3) is 0 Å². The van der Waals surface area contributed by atoms with Crippen molar-refractivity contribution >= 4 is 11.9 Å². The minimum Gasteiger partial charge on any atom is -0.543 e. The van der Waals surface area contributed by atoms with E-state index >= 15 is 0 Å². The van der Waals surface area contributed by atoms with Gasteiger partial charge >= 0.3 is 0 Å². The second-order valence-corrected chi connectivity index (χ2v) is 11.9. The van der Waals surface area contributed by atoms with Crippen molar-refractivity contribution in [3.63, 3.8) is 0 Å². The zero-order valence-electron chi connectivity index (χ0n) is 28.5. The fraction of sp³-hybridized carbons (Fsp3) is 0.941. The van der Waals surface area contributed by atoms with E-state index in [9.17, 15) is 0 Å². The number of carboxylic acids is 2. The van der Waals surface area contributed by atoms with Gasteiger partial charge in [-0.3, -0.25) is 0 Å². The minimum atomic E-state index is -2.19. The molecule has 0 aromatic rings. The summed E-state index contributed by atoms with van der Waals surface area (Å²) in [4.78, 5) is 17.9. The van der Waals surface area contributed by atoms with Crippen molar-refractivity contribution in [2.45, 2.75) is 158 Å².